The summed E-state index contributed by atoms with van der Waals surface area (Å²) in [6.07, 6.45) is 0. The smallest absolute Gasteiger partial charge is 0.149 e. The predicted molar refractivity (Wildman–Crippen MR) is 190 cm³/mol. The summed E-state index contributed by atoms with van der Waals surface area (Å²) < 4.78 is 23.4. The SMILES string of the molecule is CC1CN2CC#CCOc3ccc(cc3)OCC#CCN3C(C)CN(CC#CCOc4ccc(cc4)OCC#CCN1C(C)C2)CC3C. The maximum absolute atomic E-state index is 5.85. The highest BCUT2D eigenvalue weighted by Crippen LogP contribution is 2.19. The average Bonchev–Trinajstić information content (AvgIpc) is 3.07. The molecule has 2 fully saturated rings. The number of hydrogen-bond donors (Lipinski definition) is 0. The second-order valence-electron chi connectivity index (χ2n) is 12.6. The summed E-state index contributed by atoms with van der Waals surface area (Å²) in [4.78, 5) is 9.71. The minimum Gasteiger partial charge on any atom is -0.481 e. The summed E-state index contributed by atoms with van der Waals surface area (Å²) in [5, 5.41) is 0. The molecule has 12 heterocycles. The van der Waals surface area contributed by atoms with Crippen LogP contribution in [0.3, 0.4) is 0 Å². The zero-order chi connectivity index (χ0) is 33.6. The summed E-state index contributed by atoms with van der Waals surface area (Å²) in [5.41, 5.74) is 0. The highest BCUT2D eigenvalue weighted by atomic mass is 16.5. The highest BCUT2D eigenvalue weighted by molar-refractivity contribution is 5.33. The van der Waals surface area contributed by atoms with E-state index in [4.69, 9.17) is 18.9 Å². The van der Waals surface area contributed by atoms with Crippen molar-refractivity contribution >= 4 is 0 Å². The van der Waals surface area contributed by atoms with Gasteiger partial charge in [0.2, 0.25) is 0 Å². The standard InChI is InChI=1S/C40H48N4O4/c1-33-29-41-21-5-9-25-45-37-15-19-40(20-16-37)48-28-12-8-24-44-35(3)31-42(32-36(44)4)22-6-10-26-46-38-13-17-39(18-14-38)47-27-11-7-23-43(33)34(2)30-41/h13-20,33-36H,21-32H2,1-4H3. The molecule has 0 radical (unpaired) electrons. The molecule has 4 unspecified atom stereocenters. The largest absolute Gasteiger partial charge is 0.481 e. The topological polar surface area (TPSA) is 49.9 Å². The van der Waals surface area contributed by atoms with Gasteiger partial charge in [-0.2, -0.15) is 0 Å². The average molecular weight is 649 g/mol. The lowest BCUT2D eigenvalue weighted by molar-refractivity contribution is 0.0574. The van der Waals surface area contributed by atoms with Gasteiger partial charge in [0.25, 0.3) is 0 Å². The minimum atomic E-state index is 0.350. The Balaban J connectivity index is 1.18. The Bertz CT molecular complexity index is 1420. The van der Waals surface area contributed by atoms with Gasteiger partial charge >= 0.3 is 0 Å². The highest BCUT2D eigenvalue weighted by Gasteiger charge is 2.29. The van der Waals surface area contributed by atoms with Gasteiger partial charge in [0, 0.05) is 50.3 Å². The molecule has 252 valence electrons. The molecular formula is C40H48N4O4. The maximum atomic E-state index is 5.85. The third-order valence-electron chi connectivity index (χ3n) is 8.87. The quantitative estimate of drug-likeness (QED) is 0.401. The number of piperazine rings is 2. The Hall–Kier alpha value is -4.28. The van der Waals surface area contributed by atoms with Crippen LogP contribution in [-0.2, 0) is 0 Å². The van der Waals surface area contributed by atoms with E-state index in [9.17, 15) is 0 Å². The summed E-state index contributed by atoms with van der Waals surface area (Å²) in [5.74, 6) is 28.9. The minimum absolute atomic E-state index is 0.350. The molecule has 0 saturated carbocycles. The van der Waals surface area contributed by atoms with E-state index in [1.807, 2.05) is 48.5 Å². The van der Waals surface area contributed by atoms with Crippen LogP contribution in [0.15, 0.2) is 48.5 Å². The molecule has 12 aliphatic rings. The van der Waals surface area contributed by atoms with Crippen LogP contribution in [0, 0.1) is 47.4 Å². The first-order chi connectivity index (χ1) is 23.4. The van der Waals surface area contributed by atoms with E-state index >= 15 is 0 Å². The van der Waals surface area contributed by atoms with E-state index in [0.29, 0.717) is 50.6 Å². The van der Waals surface area contributed by atoms with Gasteiger partial charge < -0.3 is 18.9 Å². The first-order valence-corrected chi connectivity index (χ1v) is 16.9. The summed E-state index contributed by atoms with van der Waals surface area (Å²) >= 11 is 0. The molecule has 0 spiro atoms. The van der Waals surface area contributed by atoms with Crippen LogP contribution in [0.2, 0.25) is 0 Å². The molecule has 4 atom stereocenters. The van der Waals surface area contributed by atoms with Crippen LogP contribution in [0.4, 0.5) is 0 Å². The van der Waals surface area contributed by atoms with Crippen LogP contribution < -0.4 is 18.9 Å². The van der Waals surface area contributed by atoms with Crippen molar-refractivity contribution in [2.24, 2.45) is 0 Å². The molecule has 0 N–H and O–H groups in total. The van der Waals surface area contributed by atoms with Crippen molar-refractivity contribution in [3.8, 4) is 70.4 Å². The molecule has 14 rings (SSSR count). The molecule has 12 aliphatic heterocycles. The molecule has 8 bridgehead atoms. The normalized spacial score (nSPS) is 29.8. The summed E-state index contributed by atoms with van der Waals surface area (Å²) in [6, 6.07) is 16.8. The third kappa shape index (κ3) is 10.9. The van der Waals surface area contributed by atoms with Crippen molar-refractivity contribution < 1.29 is 18.9 Å². The molecule has 0 aliphatic carbocycles. The number of rotatable bonds is 0. The van der Waals surface area contributed by atoms with Gasteiger partial charge in [-0.3, -0.25) is 19.6 Å². The van der Waals surface area contributed by atoms with Crippen LogP contribution >= 0.6 is 0 Å². The lowest BCUT2D eigenvalue weighted by atomic mass is 10.1. The zero-order valence-corrected chi connectivity index (χ0v) is 28.8. The van der Waals surface area contributed by atoms with Crippen molar-refractivity contribution in [3.05, 3.63) is 48.5 Å². The van der Waals surface area contributed by atoms with Crippen molar-refractivity contribution in [2.45, 2.75) is 51.9 Å². The molecule has 48 heavy (non-hydrogen) atoms. The van der Waals surface area contributed by atoms with Gasteiger partial charge in [-0.15, -0.1) is 0 Å². The Kier molecular flexibility index (Phi) is 13.4. The molecule has 0 amide bonds. The monoisotopic (exact) mass is 648 g/mol. The number of nitrogens with zero attached hydrogens (tertiary/aromatic N) is 4. The van der Waals surface area contributed by atoms with E-state index in [1.54, 1.807) is 0 Å². The number of benzene rings is 2. The molecular weight excluding hydrogens is 600 g/mol. The van der Waals surface area contributed by atoms with E-state index < -0.39 is 0 Å². The molecule has 2 saturated heterocycles. The van der Waals surface area contributed by atoms with E-state index in [-0.39, 0.29) is 0 Å². The Morgan fingerprint density at radius 2 is 0.646 bits per heavy atom. The van der Waals surface area contributed by atoms with Gasteiger partial charge in [0.05, 0.1) is 26.2 Å². The fraction of sp³-hybridized carbons (Fsp3) is 0.500. The van der Waals surface area contributed by atoms with Crippen LogP contribution in [-0.4, -0.2) is 123 Å². The third-order valence-corrected chi connectivity index (χ3v) is 8.87. The molecule has 8 nitrogen and oxygen atoms in total. The van der Waals surface area contributed by atoms with E-state index in [1.165, 1.54) is 0 Å². The molecule has 0 aromatic heterocycles. The predicted octanol–water partition coefficient (Wildman–Crippen LogP) is 3.72. The number of ether oxygens (including phenoxy) is 4. The zero-order valence-electron chi connectivity index (χ0n) is 28.8. The van der Waals surface area contributed by atoms with E-state index in [0.717, 1.165) is 75.4 Å². The van der Waals surface area contributed by atoms with Crippen molar-refractivity contribution in [2.75, 3.05) is 78.8 Å². The summed E-state index contributed by atoms with van der Waals surface area (Å²) in [6.45, 7) is 17.1. The lowest BCUT2D eigenvalue weighted by Gasteiger charge is -2.43. The Labute approximate surface area is 287 Å². The maximum Gasteiger partial charge on any atom is 0.149 e. The lowest BCUT2D eigenvalue weighted by Crippen LogP contribution is -2.56. The van der Waals surface area contributed by atoms with Gasteiger partial charge in [-0.1, -0.05) is 47.4 Å². The van der Waals surface area contributed by atoms with Crippen LogP contribution in [0.1, 0.15) is 27.7 Å². The van der Waals surface area contributed by atoms with Crippen molar-refractivity contribution in [1.29, 1.82) is 0 Å². The molecule has 2 aromatic carbocycles. The first-order valence-electron chi connectivity index (χ1n) is 16.9. The van der Waals surface area contributed by atoms with Gasteiger partial charge in [-0.25, -0.2) is 0 Å². The Morgan fingerprint density at radius 1 is 0.396 bits per heavy atom. The van der Waals surface area contributed by atoms with Gasteiger partial charge in [0.15, 0.2) is 0 Å². The fourth-order valence-corrected chi connectivity index (χ4v) is 6.39. The molecule has 8 heteroatoms. The van der Waals surface area contributed by atoms with Gasteiger partial charge in [0.1, 0.15) is 49.4 Å². The second-order valence-corrected chi connectivity index (χ2v) is 12.6. The summed E-state index contributed by atoms with van der Waals surface area (Å²) in [7, 11) is 0. The van der Waals surface area contributed by atoms with Crippen molar-refractivity contribution in [1.82, 2.24) is 19.6 Å². The van der Waals surface area contributed by atoms with Crippen LogP contribution in [0.5, 0.6) is 23.0 Å². The van der Waals surface area contributed by atoms with Gasteiger partial charge in [-0.05, 0) is 76.2 Å². The molecule has 2 aromatic rings. The van der Waals surface area contributed by atoms with Crippen LogP contribution in [0.25, 0.3) is 0 Å². The number of hydrogen-bond acceptors (Lipinski definition) is 8. The van der Waals surface area contributed by atoms with Crippen molar-refractivity contribution in [3.63, 3.8) is 0 Å². The van der Waals surface area contributed by atoms with E-state index in [2.05, 4.69) is 94.7 Å². The Morgan fingerprint density at radius 3 is 0.917 bits per heavy atom. The fourth-order valence-electron chi connectivity index (χ4n) is 6.39. The first kappa shape index (κ1) is 35.0. The second kappa shape index (κ2) is 18.3.